The number of carboxylic acid groups (broad SMARTS) is 1. The number of nitrogens with one attached hydrogen (secondary N) is 1. The zero-order valence-corrected chi connectivity index (χ0v) is 15.7. The van der Waals surface area contributed by atoms with Crippen molar-refractivity contribution in [2.75, 3.05) is 0 Å². The van der Waals surface area contributed by atoms with Crippen LogP contribution in [-0.4, -0.2) is 23.0 Å². The first-order valence-corrected chi connectivity index (χ1v) is 9.68. The molecule has 0 spiro atoms. The molecule has 4 nitrogen and oxygen atoms in total. The van der Waals surface area contributed by atoms with Crippen molar-refractivity contribution in [2.45, 2.75) is 50.5 Å². The Bertz CT molecular complexity index is 727. The molecule has 1 amide bonds. The van der Waals surface area contributed by atoms with E-state index in [-0.39, 0.29) is 11.8 Å². The van der Waals surface area contributed by atoms with E-state index in [1.54, 1.807) is 0 Å². The van der Waals surface area contributed by atoms with Gasteiger partial charge in [-0.15, -0.1) is 0 Å². The number of carbonyl (C=O) groups excluding carboxylic acids is 1. The fraction of sp³-hybridized carbons (Fsp3) is 0.391. The smallest absolute Gasteiger partial charge is 0.326 e. The van der Waals surface area contributed by atoms with Gasteiger partial charge in [-0.1, -0.05) is 79.9 Å². The SMILES string of the molecule is CC(C(=O)N[C@@H](C(=O)O)C1CCCCC1)(c1ccccc1)c1ccccc1. The molecule has 142 valence electrons. The number of rotatable bonds is 6. The molecule has 0 radical (unpaired) electrons. The Morgan fingerprint density at radius 3 is 1.85 bits per heavy atom. The first-order chi connectivity index (χ1) is 13.0. The average molecular weight is 365 g/mol. The Morgan fingerprint density at radius 2 is 1.41 bits per heavy atom. The monoisotopic (exact) mass is 365 g/mol. The van der Waals surface area contributed by atoms with Gasteiger partial charge in [0, 0.05) is 0 Å². The normalized spacial score (nSPS) is 16.5. The molecule has 1 aliphatic rings. The summed E-state index contributed by atoms with van der Waals surface area (Å²) in [5.41, 5.74) is 0.744. The third-order valence-corrected chi connectivity index (χ3v) is 5.83. The van der Waals surface area contributed by atoms with Gasteiger partial charge in [0.05, 0.1) is 5.41 Å². The van der Waals surface area contributed by atoms with Crippen molar-refractivity contribution in [1.29, 1.82) is 0 Å². The summed E-state index contributed by atoms with van der Waals surface area (Å²) in [4.78, 5) is 25.4. The van der Waals surface area contributed by atoms with E-state index in [0.717, 1.165) is 43.2 Å². The molecule has 0 heterocycles. The van der Waals surface area contributed by atoms with Crippen LogP contribution in [0.4, 0.5) is 0 Å². The van der Waals surface area contributed by atoms with Gasteiger partial charge in [0.15, 0.2) is 0 Å². The zero-order valence-electron chi connectivity index (χ0n) is 15.7. The van der Waals surface area contributed by atoms with Gasteiger partial charge in [-0.3, -0.25) is 4.79 Å². The summed E-state index contributed by atoms with van der Waals surface area (Å²) in [6.45, 7) is 1.87. The van der Waals surface area contributed by atoms with E-state index in [1.807, 2.05) is 67.6 Å². The van der Waals surface area contributed by atoms with Gasteiger partial charge in [-0.2, -0.15) is 0 Å². The number of hydrogen-bond acceptors (Lipinski definition) is 2. The molecule has 1 fully saturated rings. The number of hydrogen-bond donors (Lipinski definition) is 2. The minimum atomic E-state index is -0.953. The van der Waals surface area contributed by atoms with Crippen LogP contribution in [0.2, 0.25) is 0 Å². The maximum atomic E-state index is 13.4. The van der Waals surface area contributed by atoms with E-state index in [2.05, 4.69) is 5.32 Å². The number of aliphatic carboxylic acids is 1. The van der Waals surface area contributed by atoms with Gasteiger partial charge < -0.3 is 10.4 Å². The maximum Gasteiger partial charge on any atom is 0.326 e. The molecule has 0 aliphatic heterocycles. The van der Waals surface area contributed by atoms with Crippen molar-refractivity contribution < 1.29 is 14.7 Å². The Hall–Kier alpha value is -2.62. The topological polar surface area (TPSA) is 66.4 Å². The van der Waals surface area contributed by atoms with E-state index in [1.165, 1.54) is 0 Å². The Kier molecular flexibility index (Phi) is 5.94. The zero-order chi connectivity index (χ0) is 19.3. The predicted molar refractivity (Wildman–Crippen MR) is 105 cm³/mol. The van der Waals surface area contributed by atoms with Crippen molar-refractivity contribution >= 4 is 11.9 Å². The van der Waals surface area contributed by atoms with Crippen LogP contribution in [0.3, 0.4) is 0 Å². The Balaban J connectivity index is 1.94. The lowest BCUT2D eigenvalue weighted by Crippen LogP contribution is -2.53. The van der Waals surface area contributed by atoms with Crippen molar-refractivity contribution in [3.63, 3.8) is 0 Å². The van der Waals surface area contributed by atoms with Crippen LogP contribution in [-0.2, 0) is 15.0 Å². The highest BCUT2D eigenvalue weighted by atomic mass is 16.4. The molecule has 3 rings (SSSR count). The lowest BCUT2D eigenvalue weighted by Gasteiger charge is -2.34. The third-order valence-electron chi connectivity index (χ3n) is 5.83. The average Bonchev–Trinajstić information content (AvgIpc) is 2.73. The molecule has 27 heavy (non-hydrogen) atoms. The summed E-state index contributed by atoms with van der Waals surface area (Å²) >= 11 is 0. The molecule has 2 N–H and O–H groups in total. The van der Waals surface area contributed by atoms with Gasteiger partial charge in [0.2, 0.25) is 5.91 Å². The lowest BCUT2D eigenvalue weighted by atomic mass is 9.74. The first-order valence-electron chi connectivity index (χ1n) is 9.68. The third kappa shape index (κ3) is 4.05. The minimum absolute atomic E-state index is 0.00371. The maximum absolute atomic E-state index is 13.4. The molecule has 1 saturated carbocycles. The second kappa shape index (κ2) is 8.38. The predicted octanol–water partition coefficient (Wildman–Crippen LogP) is 4.14. The standard InChI is InChI=1S/C23H27NO3/c1-23(18-13-7-3-8-14-18,19-15-9-4-10-16-19)22(27)24-20(21(25)26)17-11-5-2-6-12-17/h3-4,7-10,13-17,20H,2,5-6,11-12H2,1H3,(H,24,27)(H,25,26)/t20-/m1/s1. The number of carbonyl (C=O) groups is 2. The second-order valence-electron chi connectivity index (χ2n) is 7.54. The van der Waals surface area contributed by atoms with Crippen LogP contribution < -0.4 is 5.32 Å². The number of benzene rings is 2. The Morgan fingerprint density at radius 1 is 0.926 bits per heavy atom. The molecule has 0 bridgehead atoms. The highest BCUT2D eigenvalue weighted by Gasteiger charge is 2.40. The van der Waals surface area contributed by atoms with Crippen molar-refractivity contribution in [2.24, 2.45) is 5.92 Å². The number of carboxylic acids is 1. The summed E-state index contributed by atoms with van der Waals surface area (Å²) in [5.74, 6) is -1.22. The molecular formula is C23H27NO3. The van der Waals surface area contributed by atoms with Crippen LogP contribution in [0.5, 0.6) is 0 Å². The van der Waals surface area contributed by atoms with Gasteiger partial charge in [0.25, 0.3) is 0 Å². The summed E-state index contributed by atoms with van der Waals surface area (Å²) in [5, 5.41) is 12.7. The van der Waals surface area contributed by atoms with E-state index >= 15 is 0 Å². The van der Waals surface area contributed by atoms with E-state index < -0.39 is 17.4 Å². The summed E-state index contributed by atoms with van der Waals surface area (Å²) < 4.78 is 0. The largest absolute Gasteiger partial charge is 0.480 e. The quantitative estimate of drug-likeness (QED) is 0.808. The van der Waals surface area contributed by atoms with Gasteiger partial charge in [-0.25, -0.2) is 4.79 Å². The van der Waals surface area contributed by atoms with Crippen LogP contribution in [0.15, 0.2) is 60.7 Å². The molecular weight excluding hydrogens is 338 g/mol. The van der Waals surface area contributed by atoms with Crippen molar-refractivity contribution in [1.82, 2.24) is 5.32 Å². The minimum Gasteiger partial charge on any atom is -0.480 e. The van der Waals surface area contributed by atoms with E-state index in [4.69, 9.17) is 0 Å². The van der Waals surface area contributed by atoms with Gasteiger partial charge in [-0.05, 0) is 36.8 Å². The fourth-order valence-corrected chi connectivity index (χ4v) is 4.11. The van der Waals surface area contributed by atoms with E-state index in [9.17, 15) is 14.7 Å². The molecule has 0 saturated heterocycles. The van der Waals surface area contributed by atoms with Crippen LogP contribution >= 0.6 is 0 Å². The van der Waals surface area contributed by atoms with Crippen molar-refractivity contribution in [3.05, 3.63) is 71.8 Å². The fourth-order valence-electron chi connectivity index (χ4n) is 4.11. The van der Waals surface area contributed by atoms with Gasteiger partial charge >= 0.3 is 5.97 Å². The molecule has 0 aromatic heterocycles. The summed E-state index contributed by atoms with van der Waals surface area (Å²) in [7, 11) is 0. The summed E-state index contributed by atoms with van der Waals surface area (Å²) in [6.07, 6.45) is 4.90. The van der Waals surface area contributed by atoms with E-state index in [0.29, 0.717) is 0 Å². The highest BCUT2D eigenvalue weighted by molar-refractivity contribution is 5.94. The Labute approximate surface area is 160 Å². The molecule has 1 aliphatic carbocycles. The molecule has 2 aromatic rings. The van der Waals surface area contributed by atoms with Crippen LogP contribution in [0, 0.1) is 5.92 Å². The second-order valence-corrected chi connectivity index (χ2v) is 7.54. The van der Waals surface area contributed by atoms with Crippen LogP contribution in [0.25, 0.3) is 0 Å². The molecule has 1 atom stereocenters. The molecule has 0 unspecified atom stereocenters. The summed E-state index contributed by atoms with van der Waals surface area (Å²) in [6, 6.07) is 18.3. The first kappa shape index (κ1) is 19.2. The van der Waals surface area contributed by atoms with Gasteiger partial charge in [0.1, 0.15) is 6.04 Å². The molecule has 4 heteroatoms. The lowest BCUT2D eigenvalue weighted by molar-refractivity contribution is -0.144. The number of amides is 1. The van der Waals surface area contributed by atoms with Crippen molar-refractivity contribution in [3.8, 4) is 0 Å². The van der Waals surface area contributed by atoms with Crippen LogP contribution in [0.1, 0.15) is 50.2 Å². The highest BCUT2D eigenvalue weighted by Crippen LogP contribution is 2.33. The molecule has 2 aromatic carbocycles.